The molecule has 0 saturated heterocycles. The zero-order valence-corrected chi connectivity index (χ0v) is 17.0. The number of carbonyl (C=O) groups excluding carboxylic acids is 2. The Labute approximate surface area is 176 Å². The molecule has 158 valence electrons. The SMILES string of the molecule is Nc1ccc(OC(=O)C2CCC3CC(C(=O)Oc4ccc(N)cc4)CCC3C2)cc1. The van der Waals surface area contributed by atoms with E-state index in [0.29, 0.717) is 34.7 Å². The molecule has 2 fully saturated rings. The highest BCUT2D eigenvalue weighted by atomic mass is 16.5. The van der Waals surface area contributed by atoms with E-state index in [-0.39, 0.29) is 23.8 Å². The zero-order valence-electron chi connectivity index (χ0n) is 17.0. The Balaban J connectivity index is 1.29. The number of ether oxygens (including phenoxy) is 2. The molecule has 6 heteroatoms. The summed E-state index contributed by atoms with van der Waals surface area (Å²) in [5.41, 5.74) is 12.6. The number of hydrogen-bond acceptors (Lipinski definition) is 6. The summed E-state index contributed by atoms with van der Waals surface area (Å²) in [7, 11) is 0. The molecule has 0 amide bonds. The van der Waals surface area contributed by atoms with Gasteiger partial charge in [0.05, 0.1) is 11.8 Å². The minimum absolute atomic E-state index is 0.0814. The summed E-state index contributed by atoms with van der Waals surface area (Å²) in [6, 6.07) is 13.8. The number of fused-ring (bicyclic) bond motifs is 1. The molecule has 2 saturated carbocycles. The maximum Gasteiger partial charge on any atom is 0.314 e. The van der Waals surface area contributed by atoms with Crippen LogP contribution in [-0.2, 0) is 9.59 Å². The maximum absolute atomic E-state index is 12.6. The number of nitrogens with two attached hydrogens (primary N) is 2. The molecule has 30 heavy (non-hydrogen) atoms. The summed E-state index contributed by atoms with van der Waals surface area (Å²) >= 11 is 0. The van der Waals surface area contributed by atoms with Gasteiger partial charge in [-0.2, -0.15) is 0 Å². The minimum atomic E-state index is -0.164. The van der Waals surface area contributed by atoms with Gasteiger partial charge in [-0.25, -0.2) is 0 Å². The summed E-state index contributed by atoms with van der Waals surface area (Å²) in [6.45, 7) is 0. The molecular weight excluding hydrogens is 380 g/mol. The van der Waals surface area contributed by atoms with Crippen molar-refractivity contribution in [2.24, 2.45) is 23.7 Å². The molecule has 4 rings (SSSR count). The second kappa shape index (κ2) is 8.78. The molecular formula is C24H28N2O4. The molecule has 2 aromatic rings. The summed E-state index contributed by atoms with van der Waals surface area (Å²) in [6.07, 6.45) is 5.15. The van der Waals surface area contributed by atoms with Gasteiger partial charge >= 0.3 is 11.9 Å². The van der Waals surface area contributed by atoms with Crippen LogP contribution in [0.2, 0.25) is 0 Å². The van der Waals surface area contributed by atoms with Gasteiger partial charge in [-0.15, -0.1) is 0 Å². The van der Waals surface area contributed by atoms with E-state index >= 15 is 0 Å². The number of benzene rings is 2. The van der Waals surface area contributed by atoms with Crippen molar-refractivity contribution in [3.63, 3.8) is 0 Å². The maximum atomic E-state index is 12.6. The first-order chi connectivity index (χ1) is 14.5. The molecule has 0 aromatic heterocycles. The smallest absolute Gasteiger partial charge is 0.314 e. The number of carbonyl (C=O) groups is 2. The summed E-state index contributed by atoms with van der Waals surface area (Å²) in [5, 5.41) is 0. The number of hydrogen-bond donors (Lipinski definition) is 2. The van der Waals surface area contributed by atoms with Gasteiger partial charge in [0.15, 0.2) is 0 Å². The molecule has 2 aromatic carbocycles. The number of nitrogen functional groups attached to an aromatic ring is 2. The fourth-order valence-electron chi connectivity index (χ4n) is 4.79. The van der Waals surface area contributed by atoms with Gasteiger partial charge in [0.1, 0.15) is 11.5 Å². The molecule has 0 bridgehead atoms. The van der Waals surface area contributed by atoms with Gasteiger partial charge in [-0.1, -0.05) is 0 Å². The van der Waals surface area contributed by atoms with Gasteiger partial charge in [0.2, 0.25) is 0 Å². The van der Waals surface area contributed by atoms with E-state index in [4.69, 9.17) is 20.9 Å². The van der Waals surface area contributed by atoms with E-state index in [0.717, 1.165) is 38.5 Å². The first-order valence-electron chi connectivity index (χ1n) is 10.6. The lowest BCUT2D eigenvalue weighted by Gasteiger charge is -2.40. The monoisotopic (exact) mass is 408 g/mol. The summed E-state index contributed by atoms with van der Waals surface area (Å²) in [4.78, 5) is 25.2. The van der Waals surface area contributed by atoms with Gasteiger partial charge < -0.3 is 20.9 Å². The normalized spacial score (nSPS) is 25.7. The Bertz CT molecular complexity index is 819. The lowest BCUT2D eigenvalue weighted by Crippen LogP contribution is -2.37. The summed E-state index contributed by atoms with van der Waals surface area (Å²) in [5.74, 6) is 1.50. The van der Waals surface area contributed by atoms with Crippen molar-refractivity contribution < 1.29 is 19.1 Å². The highest BCUT2D eigenvalue weighted by Gasteiger charge is 2.40. The van der Waals surface area contributed by atoms with Crippen molar-refractivity contribution in [2.75, 3.05) is 11.5 Å². The predicted molar refractivity (Wildman–Crippen MR) is 115 cm³/mol. The van der Waals surface area contributed by atoms with Crippen LogP contribution >= 0.6 is 0 Å². The van der Waals surface area contributed by atoms with Crippen molar-refractivity contribution in [2.45, 2.75) is 38.5 Å². The molecule has 4 unspecified atom stereocenters. The highest BCUT2D eigenvalue weighted by Crippen LogP contribution is 2.45. The van der Waals surface area contributed by atoms with E-state index in [1.165, 1.54) is 0 Å². The van der Waals surface area contributed by atoms with Crippen LogP contribution < -0.4 is 20.9 Å². The molecule has 6 nitrogen and oxygen atoms in total. The van der Waals surface area contributed by atoms with Crippen LogP contribution in [0.3, 0.4) is 0 Å². The largest absolute Gasteiger partial charge is 0.426 e. The molecule has 0 radical (unpaired) electrons. The Kier molecular flexibility index (Phi) is 5.93. The summed E-state index contributed by atoms with van der Waals surface area (Å²) < 4.78 is 11.1. The average Bonchev–Trinajstić information content (AvgIpc) is 2.76. The number of rotatable bonds is 4. The Hall–Kier alpha value is -3.02. The quantitative estimate of drug-likeness (QED) is 0.446. The third-order valence-corrected chi connectivity index (χ3v) is 6.48. The van der Waals surface area contributed by atoms with E-state index in [2.05, 4.69) is 0 Å². The second-order valence-corrected chi connectivity index (χ2v) is 8.52. The number of esters is 2. The molecule has 0 aliphatic heterocycles. The highest BCUT2D eigenvalue weighted by molar-refractivity contribution is 5.76. The van der Waals surface area contributed by atoms with Gasteiger partial charge in [-0.3, -0.25) is 9.59 Å². The average molecular weight is 408 g/mol. The van der Waals surface area contributed by atoms with Crippen molar-refractivity contribution in [1.82, 2.24) is 0 Å². The lowest BCUT2D eigenvalue weighted by molar-refractivity contribution is -0.145. The van der Waals surface area contributed by atoms with E-state index < -0.39 is 0 Å². The predicted octanol–water partition coefficient (Wildman–Crippen LogP) is 4.19. The van der Waals surface area contributed by atoms with Gasteiger partial charge in [-0.05, 0) is 98.9 Å². The van der Waals surface area contributed by atoms with Crippen molar-refractivity contribution in [3.05, 3.63) is 48.5 Å². The van der Waals surface area contributed by atoms with E-state index in [9.17, 15) is 9.59 Å². The van der Waals surface area contributed by atoms with Crippen molar-refractivity contribution in [3.8, 4) is 11.5 Å². The third-order valence-electron chi connectivity index (χ3n) is 6.48. The Morgan fingerprint density at radius 2 is 1.00 bits per heavy atom. The first-order valence-corrected chi connectivity index (χ1v) is 10.6. The van der Waals surface area contributed by atoms with E-state index in [1.807, 2.05) is 0 Å². The number of anilines is 2. The van der Waals surface area contributed by atoms with Crippen LogP contribution in [0.4, 0.5) is 11.4 Å². The topological polar surface area (TPSA) is 105 Å². The van der Waals surface area contributed by atoms with Crippen LogP contribution in [0, 0.1) is 23.7 Å². The van der Waals surface area contributed by atoms with Crippen molar-refractivity contribution >= 4 is 23.3 Å². The molecule has 4 atom stereocenters. The fourth-order valence-corrected chi connectivity index (χ4v) is 4.79. The zero-order chi connectivity index (χ0) is 21.1. The first kappa shape index (κ1) is 20.3. The van der Waals surface area contributed by atoms with Crippen LogP contribution in [0.5, 0.6) is 11.5 Å². The third kappa shape index (κ3) is 4.75. The Morgan fingerprint density at radius 1 is 0.633 bits per heavy atom. The molecule has 0 spiro atoms. The lowest BCUT2D eigenvalue weighted by atomic mass is 9.65. The van der Waals surface area contributed by atoms with Crippen molar-refractivity contribution in [1.29, 1.82) is 0 Å². The molecule has 0 heterocycles. The van der Waals surface area contributed by atoms with Crippen LogP contribution in [-0.4, -0.2) is 11.9 Å². The van der Waals surface area contributed by atoms with Gasteiger partial charge in [0, 0.05) is 11.4 Å². The minimum Gasteiger partial charge on any atom is -0.426 e. The molecule has 2 aliphatic carbocycles. The van der Waals surface area contributed by atoms with E-state index in [1.54, 1.807) is 48.5 Å². The van der Waals surface area contributed by atoms with Crippen LogP contribution in [0.1, 0.15) is 38.5 Å². The molecule has 2 aliphatic rings. The van der Waals surface area contributed by atoms with Gasteiger partial charge in [0.25, 0.3) is 0 Å². The molecule has 4 N–H and O–H groups in total. The Morgan fingerprint density at radius 3 is 1.37 bits per heavy atom. The van der Waals surface area contributed by atoms with Crippen LogP contribution in [0.25, 0.3) is 0 Å². The van der Waals surface area contributed by atoms with Crippen LogP contribution in [0.15, 0.2) is 48.5 Å². The fraction of sp³-hybridized carbons (Fsp3) is 0.417. The second-order valence-electron chi connectivity index (χ2n) is 8.52. The standard InChI is InChI=1S/C24H28N2O4/c25-19-5-9-21(10-6-19)29-23(27)17-3-1-15-13-18(4-2-16(15)14-17)24(28)30-22-11-7-20(26)8-12-22/h5-12,15-18H,1-4,13-14,25-26H2.